The van der Waals surface area contributed by atoms with E-state index in [1.165, 1.54) is 18.5 Å². The summed E-state index contributed by atoms with van der Waals surface area (Å²) >= 11 is 0. The highest BCUT2D eigenvalue weighted by Crippen LogP contribution is 2.42. The van der Waals surface area contributed by atoms with Crippen LogP contribution < -0.4 is 9.64 Å². The maximum atomic E-state index is 9.87. The molecule has 3 heteroatoms. The van der Waals surface area contributed by atoms with E-state index < -0.39 is 0 Å². The molecule has 0 spiro atoms. The van der Waals surface area contributed by atoms with Gasteiger partial charge in [-0.25, -0.2) is 0 Å². The molecule has 2 aliphatic heterocycles. The Kier molecular flexibility index (Phi) is 3.16. The van der Waals surface area contributed by atoms with Crippen LogP contribution in [0.2, 0.25) is 0 Å². The zero-order valence-corrected chi connectivity index (χ0v) is 10.9. The molecule has 98 valence electrons. The van der Waals surface area contributed by atoms with Gasteiger partial charge in [0.1, 0.15) is 5.75 Å². The Morgan fingerprint density at radius 3 is 2.56 bits per heavy atom. The van der Waals surface area contributed by atoms with Gasteiger partial charge in [-0.2, -0.15) is 0 Å². The number of hydrogen-bond acceptors (Lipinski definition) is 3. The summed E-state index contributed by atoms with van der Waals surface area (Å²) in [6.45, 7) is 2.72. The van der Waals surface area contributed by atoms with Gasteiger partial charge in [0.05, 0.1) is 18.4 Å². The fourth-order valence-electron chi connectivity index (χ4n) is 3.49. The zero-order chi connectivity index (χ0) is 12.5. The van der Waals surface area contributed by atoms with E-state index in [1.807, 2.05) is 19.1 Å². The Bertz CT molecular complexity index is 407. The molecule has 2 aliphatic rings. The van der Waals surface area contributed by atoms with Crippen LogP contribution in [-0.4, -0.2) is 29.9 Å². The van der Waals surface area contributed by atoms with Gasteiger partial charge < -0.3 is 14.7 Å². The van der Waals surface area contributed by atoms with Crippen LogP contribution in [0, 0.1) is 0 Å². The molecule has 2 unspecified atom stereocenters. The molecule has 0 aromatic heterocycles. The first-order valence-corrected chi connectivity index (χ1v) is 6.97. The molecule has 18 heavy (non-hydrogen) atoms. The van der Waals surface area contributed by atoms with Crippen molar-refractivity contribution in [2.24, 2.45) is 0 Å². The van der Waals surface area contributed by atoms with Crippen molar-refractivity contribution < 1.29 is 9.84 Å². The molecule has 1 N–H and O–H groups in total. The first-order chi connectivity index (χ1) is 8.79. The zero-order valence-electron chi connectivity index (χ0n) is 10.9. The molecule has 2 saturated heterocycles. The average Bonchev–Trinajstić information content (AvgIpc) is 2.63. The third-order valence-corrected chi connectivity index (χ3v) is 4.15. The monoisotopic (exact) mass is 247 g/mol. The van der Waals surface area contributed by atoms with Crippen LogP contribution in [0.5, 0.6) is 5.75 Å². The van der Waals surface area contributed by atoms with E-state index in [0.29, 0.717) is 18.7 Å². The molecule has 3 nitrogen and oxygen atoms in total. The smallest absolute Gasteiger partial charge is 0.142 e. The van der Waals surface area contributed by atoms with E-state index in [1.54, 1.807) is 0 Å². The molecule has 1 aromatic rings. The van der Waals surface area contributed by atoms with Gasteiger partial charge >= 0.3 is 0 Å². The Labute approximate surface area is 108 Å². The minimum Gasteiger partial charge on any atom is -0.492 e. The van der Waals surface area contributed by atoms with Gasteiger partial charge in [0, 0.05) is 12.1 Å². The quantitative estimate of drug-likeness (QED) is 0.891. The van der Waals surface area contributed by atoms with Crippen molar-refractivity contribution in [2.75, 3.05) is 11.5 Å². The third-order valence-electron chi connectivity index (χ3n) is 4.15. The maximum absolute atomic E-state index is 9.87. The first-order valence-electron chi connectivity index (χ1n) is 6.97. The summed E-state index contributed by atoms with van der Waals surface area (Å²) in [5.74, 6) is 0.980. The van der Waals surface area contributed by atoms with E-state index in [4.69, 9.17) is 4.74 Å². The van der Waals surface area contributed by atoms with Crippen LogP contribution >= 0.6 is 0 Å². The maximum Gasteiger partial charge on any atom is 0.142 e. The molecular weight excluding hydrogens is 226 g/mol. The third kappa shape index (κ3) is 1.97. The largest absolute Gasteiger partial charge is 0.492 e. The number of rotatable bonds is 3. The van der Waals surface area contributed by atoms with Gasteiger partial charge in [-0.3, -0.25) is 0 Å². The predicted molar refractivity (Wildman–Crippen MR) is 72.1 cm³/mol. The van der Waals surface area contributed by atoms with Crippen molar-refractivity contribution in [2.45, 2.75) is 50.8 Å². The summed E-state index contributed by atoms with van der Waals surface area (Å²) in [7, 11) is 0. The Balaban J connectivity index is 1.91. The number of nitrogens with zero attached hydrogens (tertiary/aromatic N) is 1. The van der Waals surface area contributed by atoms with Crippen molar-refractivity contribution in [3.63, 3.8) is 0 Å². The molecule has 2 atom stereocenters. The van der Waals surface area contributed by atoms with Crippen LogP contribution in [0.4, 0.5) is 5.69 Å². The minimum absolute atomic E-state index is 0.113. The number of para-hydroxylation sites is 2. The highest BCUT2D eigenvalue weighted by Gasteiger charge is 2.41. The molecule has 0 radical (unpaired) electrons. The predicted octanol–water partition coefficient (Wildman–Crippen LogP) is 2.58. The topological polar surface area (TPSA) is 32.7 Å². The van der Waals surface area contributed by atoms with Gasteiger partial charge in [-0.05, 0) is 44.7 Å². The molecule has 2 bridgehead atoms. The van der Waals surface area contributed by atoms with Gasteiger partial charge in [-0.1, -0.05) is 12.1 Å². The van der Waals surface area contributed by atoms with Gasteiger partial charge in [-0.15, -0.1) is 0 Å². The number of benzene rings is 1. The highest BCUT2D eigenvalue weighted by molar-refractivity contribution is 5.61. The summed E-state index contributed by atoms with van der Waals surface area (Å²) < 4.78 is 5.74. The molecule has 1 aromatic carbocycles. The number of fused-ring (bicyclic) bond motifs is 2. The minimum atomic E-state index is -0.113. The van der Waals surface area contributed by atoms with Crippen LogP contribution in [0.15, 0.2) is 24.3 Å². The molecule has 2 fully saturated rings. The number of piperidine rings is 1. The summed E-state index contributed by atoms with van der Waals surface area (Å²) in [5, 5.41) is 9.87. The summed E-state index contributed by atoms with van der Waals surface area (Å²) in [5.41, 5.74) is 1.21. The van der Waals surface area contributed by atoms with Crippen LogP contribution in [0.3, 0.4) is 0 Å². The lowest BCUT2D eigenvalue weighted by Gasteiger charge is -2.39. The lowest BCUT2D eigenvalue weighted by molar-refractivity contribution is 0.126. The number of ether oxygens (including phenoxy) is 1. The van der Waals surface area contributed by atoms with Crippen molar-refractivity contribution >= 4 is 5.69 Å². The summed E-state index contributed by atoms with van der Waals surface area (Å²) in [6.07, 6.45) is 4.08. The second-order valence-electron chi connectivity index (χ2n) is 5.32. The fraction of sp³-hybridized carbons (Fsp3) is 0.600. The summed E-state index contributed by atoms with van der Waals surface area (Å²) in [4.78, 5) is 2.48. The Hall–Kier alpha value is -1.22. The lowest BCUT2D eigenvalue weighted by atomic mass is 9.99. The molecule has 0 aliphatic carbocycles. The second kappa shape index (κ2) is 4.81. The van der Waals surface area contributed by atoms with Crippen molar-refractivity contribution in [3.8, 4) is 5.75 Å². The van der Waals surface area contributed by atoms with Gasteiger partial charge in [0.2, 0.25) is 0 Å². The van der Waals surface area contributed by atoms with E-state index in [2.05, 4.69) is 17.0 Å². The molecule has 3 rings (SSSR count). The van der Waals surface area contributed by atoms with Crippen LogP contribution in [0.1, 0.15) is 32.6 Å². The van der Waals surface area contributed by atoms with Crippen molar-refractivity contribution in [1.29, 1.82) is 0 Å². The number of aliphatic hydroxyl groups is 1. The van der Waals surface area contributed by atoms with Gasteiger partial charge in [0.25, 0.3) is 0 Å². The van der Waals surface area contributed by atoms with Crippen molar-refractivity contribution in [3.05, 3.63) is 24.3 Å². The lowest BCUT2D eigenvalue weighted by Crippen LogP contribution is -2.44. The molecular formula is C15H21NO2. The van der Waals surface area contributed by atoms with E-state index >= 15 is 0 Å². The van der Waals surface area contributed by atoms with E-state index in [0.717, 1.165) is 18.6 Å². The van der Waals surface area contributed by atoms with E-state index in [9.17, 15) is 5.11 Å². The number of aliphatic hydroxyl groups excluding tert-OH is 1. The van der Waals surface area contributed by atoms with Crippen LogP contribution in [-0.2, 0) is 0 Å². The van der Waals surface area contributed by atoms with E-state index in [-0.39, 0.29) is 6.10 Å². The molecule has 0 amide bonds. The molecule has 2 heterocycles. The average molecular weight is 247 g/mol. The van der Waals surface area contributed by atoms with Crippen LogP contribution in [0.25, 0.3) is 0 Å². The summed E-state index contributed by atoms with van der Waals surface area (Å²) in [6, 6.07) is 9.26. The number of hydrogen-bond donors (Lipinski definition) is 1. The normalized spacial score (nSPS) is 30.6. The van der Waals surface area contributed by atoms with Gasteiger partial charge in [0.15, 0.2) is 0 Å². The second-order valence-corrected chi connectivity index (χ2v) is 5.32. The standard InChI is InChI=1S/C15H21NO2/c1-2-18-15-6-4-3-5-14(15)16-11-7-8-12(16)10-13(17)9-11/h3-6,11-13,17H,2,7-10H2,1H3. The SMILES string of the molecule is CCOc1ccccc1N1C2CCC1CC(O)C2. The fourth-order valence-corrected chi connectivity index (χ4v) is 3.49. The Morgan fingerprint density at radius 1 is 1.22 bits per heavy atom. The van der Waals surface area contributed by atoms with Crippen molar-refractivity contribution in [1.82, 2.24) is 0 Å². The first kappa shape index (κ1) is 11.8. The molecule has 0 saturated carbocycles. The highest BCUT2D eigenvalue weighted by atomic mass is 16.5. The Morgan fingerprint density at radius 2 is 1.89 bits per heavy atom. The number of anilines is 1.